The Balaban J connectivity index is 0.00000225. The summed E-state index contributed by atoms with van der Waals surface area (Å²) in [6.45, 7) is 1.98. The highest BCUT2D eigenvalue weighted by molar-refractivity contribution is 5.85. The lowest BCUT2D eigenvalue weighted by Gasteiger charge is -2.15. The molecule has 1 atom stereocenters. The van der Waals surface area contributed by atoms with Crippen molar-refractivity contribution in [1.29, 1.82) is 0 Å². The van der Waals surface area contributed by atoms with Gasteiger partial charge in [-0.2, -0.15) is 0 Å². The average Bonchev–Trinajstić information content (AvgIpc) is 2.25. The summed E-state index contributed by atoms with van der Waals surface area (Å²) in [6.07, 6.45) is 0. The first-order chi connectivity index (χ1) is 7.19. The van der Waals surface area contributed by atoms with Crippen LogP contribution in [0.25, 0.3) is 0 Å². The van der Waals surface area contributed by atoms with Gasteiger partial charge in [0.25, 0.3) is 0 Å². The second kappa shape index (κ2) is 7.46. The van der Waals surface area contributed by atoms with E-state index in [9.17, 15) is 0 Å². The van der Waals surface area contributed by atoms with E-state index in [0.29, 0.717) is 23.5 Å². The van der Waals surface area contributed by atoms with Crippen LogP contribution in [0.15, 0.2) is 18.2 Å². The minimum Gasteiger partial charge on any atom is -0.491 e. The largest absolute Gasteiger partial charge is 0.491 e. The third-order valence-corrected chi connectivity index (χ3v) is 2.01. The van der Waals surface area contributed by atoms with Crippen LogP contribution < -0.4 is 10.5 Å². The van der Waals surface area contributed by atoms with Gasteiger partial charge in [0.2, 0.25) is 0 Å². The summed E-state index contributed by atoms with van der Waals surface area (Å²) in [5.41, 5.74) is 6.91. The fraction of sp³-hybridized carbons (Fsp3) is 0.455. The Morgan fingerprint density at radius 3 is 2.12 bits per heavy atom. The first-order valence-electron chi connectivity index (χ1n) is 4.90. The Kier molecular flexibility index (Phi) is 7.08. The maximum atomic E-state index is 9.11. The molecule has 5 heteroatoms. The summed E-state index contributed by atoms with van der Waals surface area (Å²) in [5, 5.41) is 18.2. The highest BCUT2D eigenvalue weighted by Crippen LogP contribution is 2.24. The lowest BCUT2D eigenvalue weighted by atomic mass is 10.1. The Bertz CT molecular complexity index is 296. The summed E-state index contributed by atoms with van der Waals surface area (Å²) in [5.74, 6) is 0.541. The normalized spacial score (nSPS) is 11.8. The Hall–Kier alpha value is -0.810. The quantitative estimate of drug-likeness (QED) is 0.720. The maximum absolute atomic E-state index is 9.11. The van der Waals surface area contributed by atoms with Crippen LogP contribution >= 0.6 is 12.4 Å². The predicted octanol–water partition coefficient (Wildman–Crippen LogP) is 0.819. The van der Waals surface area contributed by atoms with Crippen LogP contribution in [0.4, 0.5) is 0 Å². The van der Waals surface area contributed by atoms with Crippen LogP contribution in [0.5, 0.6) is 5.75 Å². The van der Waals surface area contributed by atoms with Crippen molar-refractivity contribution in [2.75, 3.05) is 6.61 Å². The molecule has 1 aromatic carbocycles. The van der Waals surface area contributed by atoms with Gasteiger partial charge in [-0.1, -0.05) is 18.2 Å². The van der Waals surface area contributed by atoms with Gasteiger partial charge < -0.3 is 20.7 Å². The van der Waals surface area contributed by atoms with Crippen molar-refractivity contribution in [3.8, 4) is 5.75 Å². The smallest absolute Gasteiger partial charge is 0.130 e. The molecule has 4 nitrogen and oxygen atoms in total. The number of para-hydroxylation sites is 1. The summed E-state index contributed by atoms with van der Waals surface area (Å²) >= 11 is 0. The SMILES string of the molecule is CC(N)COc1c(CO)cccc1CO.Cl. The third kappa shape index (κ3) is 3.98. The molecule has 0 saturated carbocycles. The minimum absolute atomic E-state index is 0. The van der Waals surface area contributed by atoms with Crippen LogP contribution in [0.3, 0.4) is 0 Å². The van der Waals surface area contributed by atoms with Crippen LogP contribution in [-0.4, -0.2) is 22.9 Å². The van der Waals surface area contributed by atoms with E-state index >= 15 is 0 Å². The lowest BCUT2D eigenvalue weighted by Crippen LogP contribution is -2.24. The summed E-state index contributed by atoms with van der Waals surface area (Å²) < 4.78 is 5.47. The van der Waals surface area contributed by atoms with Gasteiger partial charge in [-0.3, -0.25) is 0 Å². The van der Waals surface area contributed by atoms with Crippen LogP contribution in [0.1, 0.15) is 18.1 Å². The second-order valence-corrected chi connectivity index (χ2v) is 3.51. The van der Waals surface area contributed by atoms with Crippen molar-refractivity contribution in [2.45, 2.75) is 26.2 Å². The van der Waals surface area contributed by atoms with E-state index in [0.717, 1.165) is 0 Å². The van der Waals surface area contributed by atoms with Crippen molar-refractivity contribution in [3.05, 3.63) is 29.3 Å². The van der Waals surface area contributed by atoms with Crippen molar-refractivity contribution in [3.63, 3.8) is 0 Å². The Morgan fingerprint density at radius 1 is 1.25 bits per heavy atom. The molecular formula is C11H18ClNO3. The highest BCUT2D eigenvalue weighted by Gasteiger charge is 2.09. The number of halogens is 1. The number of rotatable bonds is 5. The van der Waals surface area contributed by atoms with Gasteiger partial charge in [0.1, 0.15) is 12.4 Å². The topological polar surface area (TPSA) is 75.7 Å². The summed E-state index contributed by atoms with van der Waals surface area (Å²) in [7, 11) is 0. The molecule has 92 valence electrons. The molecule has 0 saturated heterocycles. The molecule has 0 aromatic heterocycles. The van der Waals surface area contributed by atoms with Crippen LogP contribution in [0, 0.1) is 0 Å². The number of nitrogens with two attached hydrogens (primary N) is 1. The highest BCUT2D eigenvalue weighted by atomic mass is 35.5. The number of ether oxygens (including phenoxy) is 1. The van der Waals surface area contributed by atoms with Gasteiger partial charge in [0.15, 0.2) is 0 Å². The predicted molar refractivity (Wildman–Crippen MR) is 64.7 cm³/mol. The molecule has 0 radical (unpaired) electrons. The van der Waals surface area contributed by atoms with Crippen LogP contribution in [0.2, 0.25) is 0 Å². The fourth-order valence-corrected chi connectivity index (χ4v) is 1.29. The molecule has 0 spiro atoms. The molecule has 0 amide bonds. The number of aliphatic hydroxyl groups excluding tert-OH is 2. The standard InChI is InChI=1S/C11H17NO3.ClH/c1-8(12)7-15-11-9(5-13)3-2-4-10(11)6-14;/h2-4,8,13-14H,5-7,12H2,1H3;1H. The molecule has 0 fully saturated rings. The van der Waals surface area contributed by atoms with Gasteiger partial charge in [-0.25, -0.2) is 0 Å². The van der Waals surface area contributed by atoms with E-state index in [1.165, 1.54) is 0 Å². The Morgan fingerprint density at radius 2 is 1.75 bits per heavy atom. The first kappa shape index (κ1) is 15.2. The Labute approximate surface area is 101 Å². The average molecular weight is 248 g/mol. The third-order valence-electron chi connectivity index (χ3n) is 2.01. The number of hydrogen-bond donors (Lipinski definition) is 3. The first-order valence-corrected chi connectivity index (χ1v) is 4.90. The molecule has 0 aliphatic rings. The van der Waals surface area contributed by atoms with Gasteiger partial charge >= 0.3 is 0 Å². The van der Waals surface area contributed by atoms with Crippen molar-refractivity contribution >= 4 is 12.4 Å². The molecular weight excluding hydrogens is 230 g/mol. The molecule has 0 heterocycles. The van der Waals surface area contributed by atoms with E-state index in [4.69, 9.17) is 20.7 Å². The number of hydrogen-bond acceptors (Lipinski definition) is 4. The molecule has 0 bridgehead atoms. The van der Waals surface area contributed by atoms with Gasteiger partial charge in [0, 0.05) is 17.2 Å². The summed E-state index contributed by atoms with van der Waals surface area (Å²) in [6, 6.07) is 5.21. The van der Waals surface area contributed by atoms with Gasteiger partial charge in [-0.05, 0) is 6.92 Å². The molecule has 1 aromatic rings. The lowest BCUT2D eigenvalue weighted by molar-refractivity contribution is 0.241. The molecule has 4 N–H and O–H groups in total. The molecule has 1 unspecified atom stereocenters. The number of aliphatic hydroxyl groups is 2. The van der Waals surface area contributed by atoms with Gasteiger partial charge in [0.05, 0.1) is 13.2 Å². The molecule has 16 heavy (non-hydrogen) atoms. The molecule has 0 aliphatic carbocycles. The van der Waals surface area contributed by atoms with Gasteiger partial charge in [-0.15, -0.1) is 12.4 Å². The van der Waals surface area contributed by atoms with E-state index in [1.807, 2.05) is 6.92 Å². The minimum atomic E-state index is -0.109. The van der Waals surface area contributed by atoms with Crippen molar-refractivity contribution in [1.82, 2.24) is 0 Å². The monoisotopic (exact) mass is 247 g/mol. The second-order valence-electron chi connectivity index (χ2n) is 3.51. The zero-order valence-corrected chi connectivity index (χ0v) is 10.0. The van der Waals surface area contributed by atoms with E-state index < -0.39 is 0 Å². The fourth-order valence-electron chi connectivity index (χ4n) is 1.29. The summed E-state index contributed by atoms with van der Waals surface area (Å²) in [4.78, 5) is 0. The maximum Gasteiger partial charge on any atom is 0.130 e. The zero-order valence-electron chi connectivity index (χ0n) is 9.22. The van der Waals surface area contributed by atoms with E-state index in [-0.39, 0.29) is 31.7 Å². The molecule has 0 aliphatic heterocycles. The number of benzene rings is 1. The van der Waals surface area contributed by atoms with Crippen molar-refractivity contribution < 1.29 is 14.9 Å². The van der Waals surface area contributed by atoms with Crippen molar-refractivity contribution in [2.24, 2.45) is 5.73 Å². The zero-order chi connectivity index (χ0) is 11.3. The van der Waals surface area contributed by atoms with Crippen LogP contribution in [-0.2, 0) is 13.2 Å². The molecule has 1 rings (SSSR count). The van der Waals surface area contributed by atoms with E-state index in [2.05, 4.69) is 0 Å². The van der Waals surface area contributed by atoms with E-state index in [1.54, 1.807) is 18.2 Å².